The molecule has 0 unspecified atom stereocenters. The lowest BCUT2D eigenvalue weighted by Gasteiger charge is -2.32. The molecule has 1 amide bonds. The van der Waals surface area contributed by atoms with Crippen LogP contribution < -0.4 is 10.8 Å². The van der Waals surface area contributed by atoms with Crippen LogP contribution in [0.1, 0.15) is 50.9 Å². The SMILES string of the molecule is CN1CCC(NC(=O)c2ccc(Cl)c(B3OC(C)(C)C(C)(C)O3)c2)CC1. The number of carbonyl (C=O) groups is 1. The topological polar surface area (TPSA) is 50.8 Å². The molecule has 2 aliphatic rings. The normalized spacial score (nSPS) is 23.2. The molecule has 3 rings (SSSR count). The van der Waals surface area contributed by atoms with E-state index < -0.39 is 18.3 Å². The van der Waals surface area contributed by atoms with Gasteiger partial charge in [-0.15, -0.1) is 0 Å². The van der Waals surface area contributed by atoms with E-state index in [9.17, 15) is 4.79 Å². The van der Waals surface area contributed by atoms with Gasteiger partial charge in [0.2, 0.25) is 0 Å². The maximum Gasteiger partial charge on any atom is 0.496 e. The van der Waals surface area contributed by atoms with E-state index in [-0.39, 0.29) is 11.9 Å². The van der Waals surface area contributed by atoms with Gasteiger partial charge in [0.05, 0.1) is 11.2 Å². The Balaban J connectivity index is 1.75. The number of hydrogen-bond donors (Lipinski definition) is 1. The molecule has 0 spiro atoms. The Hall–Kier alpha value is -1.08. The Labute approximate surface area is 161 Å². The molecule has 0 saturated carbocycles. The molecule has 0 aliphatic carbocycles. The van der Waals surface area contributed by atoms with E-state index in [0.29, 0.717) is 16.0 Å². The molecule has 26 heavy (non-hydrogen) atoms. The Morgan fingerprint density at radius 3 is 2.35 bits per heavy atom. The largest absolute Gasteiger partial charge is 0.496 e. The Kier molecular flexibility index (Phi) is 5.41. The molecule has 1 aromatic carbocycles. The predicted octanol–water partition coefficient (Wildman–Crippen LogP) is 2.46. The van der Waals surface area contributed by atoms with Crippen LogP contribution in [0.4, 0.5) is 0 Å². The molecule has 0 aromatic heterocycles. The third-order valence-corrected chi connectivity index (χ3v) is 6.16. The van der Waals surface area contributed by atoms with Crippen molar-refractivity contribution in [3.63, 3.8) is 0 Å². The summed E-state index contributed by atoms with van der Waals surface area (Å²) in [6.07, 6.45) is 1.94. The van der Waals surface area contributed by atoms with Gasteiger partial charge < -0.3 is 19.5 Å². The summed E-state index contributed by atoms with van der Waals surface area (Å²) in [5, 5.41) is 3.68. The molecular weight excluding hydrogens is 350 g/mol. The quantitative estimate of drug-likeness (QED) is 0.821. The second-order valence-corrected chi connectivity index (χ2v) is 8.78. The summed E-state index contributed by atoms with van der Waals surface area (Å²) in [4.78, 5) is 15.0. The van der Waals surface area contributed by atoms with Gasteiger partial charge in [0.15, 0.2) is 0 Å². The van der Waals surface area contributed by atoms with E-state index in [1.165, 1.54) is 0 Å². The molecule has 2 fully saturated rings. The zero-order chi connectivity index (χ0) is 19.1. The van der Waals surface area contributed by atoms with E-state index in [1.807, 2.05) is 27.7 Å². The van der Waals surface area contributed by atoms with Crippen LogP contribution in [-0.4, -0.2) is 55.3 Å². The van der Waals surface area contributed by atoms with Crippen LogP contribution in [0.2, 0.25) is 5.02 Å². The number of halogens is 1. The zero-order valence-electron chi connectivity index (χ0n) is 16.3. The number of piperidine rings is 1. The number of nitrogens with zero attached hydrogens (tertiary/aromatic N) is 1. The first-order valence-electron chi connectivity index (χ1n) is 9.23. The highest BCUT2D eigenvalue weighted by Crippen LogP contribution is 2.37. The summed E-state index contributed by atoms with van der Waals surface area (Å²) in [6, 6.07) is 5.50. The molecule has 1 N–H and O–H groups in total. The number of likely N-dealkylation sites (tertiary alicyclic amines) is 1. The van der Waals surface area contributed by atoms with Gasteiger partial charge >= 0.3 is 7.12 Å². The van der Waals surface area contributed by atoms with Crippen molar-refractivity contribution in [1.82, 2.24) is 10.2 Å². The fraction of sp³-hybridized carbons (Fsp3) is 0.632. The second-order valence-electron chi connectivity index (χ2n) is 8.38. The summed E-state index contributed by atoms with van der Waals surface area (Å²) in [5.41, 5.74) is 0.375. The number of nitrogens with one attached hydrogen (secondary N) is 1. The first kappa shape index (κ1) is 19.7. The van der Waals surface area contributed by atoms with Crippen LogP contribution in [0.25, 0.3) is 0 Å². The number of carbonyl (C=O) groups excluding carboxylic acids is 1. The smallest absolute Gasteiger partial charge is 0.399 e. The second kappa shape index (κ2) is 7.15. The third-order valence-electron chi connectivity index (χ3n) is 5.82. The van der Waals surface area contributed by atoms with Crippen molar-refractivity contribution in [2.45, 2.75) is 57.8 Å². The van der Waals surface area contributed by atoms with E-state index in [1.54, 1.807) is 18.2 Å². The average Bonchev–Trinajstić information content (AvgIpc) is 2.77. The number of amides is 1. The van der Waals surface area contributed by atoms with Gasteiger partial charge in [-0.2, -0.15) is 0 Å². The van der Waals surface area contributed by atoms with Gasteiger partial charge in [-0.05, 0) is 78.9 Å². The number of benzene rings is 1. The third kappa shape index (κ3) is 3.93. The zero-order valence-corrected chi connectivity index (χ0v) is 17.0. The summed E-state index contributed by atoms with van der Waals surface area (Å²) in [7, 11) is 1.53. The minimum Gasteiger partial charge on any atom is -0.399 e. The van der Waals surface area contributed by atoms with Crippen LogP contribution in [0.5, 0.6) is 0 Å². The van der Waals surface area contributed by atoms with Gasteiger partial charge in [-0.1, -0.05) is 11.6 Å². The predicted molar refractivity (Wildman–Crippen MR) is 105 cm³/mol. The lowest BCUT2D eigenvalue weighted by molar-refractivity contribution is 0.00578. The highest BCUT2D eigenvalue weighted by molar-refractivity contribution is 6.65. The van der Waals surface area contributed by atoms with Gasteiger partial charge in [-0.3, -0.25) is 4.79 Å². The lowest BCUT2D eigenvalue weighted by Crippen LogP contribution is -2.43. The van der Waals surface area contributed by atoms with Crippen LogP contribution >= 0.6 is 11.6 Å². The molecule has 2 saturated heterocycles. The van der Waals surface area contributed by atoms with Gasteiger partial charge in [0.1, 0.15) is 0 Å². The van der Waals surface area contributed by atoms with Crippen LogP contribution in [0.15, 0.2) is 18.2 Å². The van der Waals surface area contributed by atoms with Crippen molar-refractivity contribution in [3.05, 3.63) is 28.8 Å². The molecule has 2 aliphatic heterocycles. The monoisotopic (exact) mass is 378 g/mol. The van der Waals surface area contributed by atoms with Crippen molar-refractivity contribution in [3.8, 4) is 0 Å². The lowest BCUT2D eigenvalue weighted by atomic mass is 9.78. The number of hydrogen-bond acceptors (Lipinski definition) is 4. The van der Waals surface area contributed by atoms with Crippen LogP contribution in [0.3, 0.4) is 0 Å². The fourth-order valence-corrected chi connectivity index (χ4v) is 3.46. The first-order valence-corrected chi connectivity index (χ1v) is 9.61. The van der Waals surface area contributed by atoms with E-state index >= 15 is 0 Å². The van der Waals surface area contributed by atoms with E-state index in [0.717, 1.165) is 25.9 Å². The van der Waals surface area contributed by atoms with E-state index in [2.05, 4.69) is 17.3 Å². The highest BCUT2D eigenvalue weighted by atomic mass is 35.5. The summed E-state index contributed by atoms with van der Waals surface area (Å²) < 4.78 is 12.2. The summed E-state index contributed by atoms with van der Waals surface area (Å²) >= 11 is 6.38. The van der Waals surface area contributed by atoms with Crippen molar-refractivity contribution in [2.24, 2.45) is 0 Å². The summed E-state index contributed by atoms with van der Waals surface area (Å²) in [6.45, 7) is 10.00. The van der Waals surface area contributed by atoms with Gasteiger partial charge in [0.25, 0.3) is 5.91 Å². The van der Waals surface area contributed by atoms with Crippen LogP contribution in [0, 0.1) is 0 Å². The molecule has 142 valence electrons. The molecule has 0 bridgehead atoms. The molecule has 0 atom stereocenters. The number of rotatable bonds is 3. The first-order chi connectivity index (χ1) is 12.1. The maximum atomic E-state index is 12.7. The Morgan fingerprint density at radius 1 is 1.19 bits per heavy atom. The Bertz CT molecular complexity index is 671. The molecule has 7 heteroatoms. The molecule has 5 nitrogen and oxygen atoms in total. The Morgan fingerprint density at radius 2 is 1.77 bits per heavy atom. The summed E-state index contributed by atoms with van der Waals surface area (Å²) in [5.74, 6) is -0.0750. The highest BCUT2D eigenvalue weighted by Gasteiger charge is 2.52. The van der Waals surface area contributed by atoms with Crippen molar-refractivity contribution >= 4 is 30.1 Å². The maximum absolute atomic E-state index is 12.7. The molecule has 0 radical (unpaired) electrons. The minimum absolute atomic E-state index is 0.0750. The van der Waals surface area contributed by atoms with Crippen LogP contribution in [-0.2, 0) is 9.31 Å². The van der Waals surface area contributed by atoms with Gasteiger partial charge in [0, 0.05) is 22.1 Å². The van der Waals surface area contributed by atoms with Gasteiger partial charge in [-0.25, -0.2) is 0 Å². The molecule has 1 aromatic rings. The standard InChI is InChI=1S/C19H28BClN2O3/c1-18(2)19(3,4)26-20(25-18)15-12-13(6-7-16(15)21)17(24)22-14-8-10-23(5)11-9-14/h6-7,12,14H,8-11H2,1-5H3,(H,22,24). The van der Waals surface area contributed by atoms with Crippen molar-refractivity contribution in [1.29, 1.82) is 0 Å². The molecule has 2 heterocycles. The van der Waals surface area contributed by atoms with Crippen molar-refractivity contribution in [2.75, 3.05) is 20.1 Å². The average molecular weight is 379 g/mol. The van der Waals surface area contributed by atoms with E-state index in [4.69, 9.17) is 20.9 Å². The fourth-order valence-electron chi connectivity index (χ4n) is 3.26. The minimum atomic E-state index is -0.580. The van der Waals surface area contributed by atoms with Crippen molar-refractivity contribution < 1.29 is 14.1 Å². The molecular formula is C19H28BClN2O3.